The van der Waals surface area contributed by atoms with E-state index >= 15 is 0 Å². The van der Waals surface area contributed by atoms with Gasteiger partial charge in [0.05, 0.1) is 5.92 Å². The lowest BCUT2D eigenvalue weighted by molar-refractivity contribution is 0.222. The standard InChI is InChI=1S/C42H32O9/c43-26-6-2-22(3-7-26)40-38(24-13-28(45)17-29(46)14-24)33(34-19-32(49)20-36(50)41(34)40)11-21-1-10-37-35(12-21)39(25-15-30(47)18-31(48)16-25)42(51-37)23-4-8-27(44)9-5-23/h1-20,38-40,42-50H/b33-11+/t38-,39+,40+,42-/m1/s1. The number of phenols is 8. The Bertz CT molecular complexity index is 2310. The summed E-state index contributed by atoms with van der Waals surface area (Å²) in [6.07, 6.45) is 1.36. The third-order valence-electron chi connectivity index (χ3n) is 9.72. The van der Waals surface area contributed by atoms with Crippen LogP contribution in [-0.4, -0.2) is 40.9 Å². The number of rotatable bonds is 5. The van der Waals surface area contributed by atoms with Crippen LogP contribution in [0.15, 0.2) is 115 Å². The molecule has 1 aliphatic heterocycles. The zero-order valence-electron chi connectivity index (χ0n) is 26.8. The van der Waals surface area contributed by atoms with E-state index in [4.69, 9.17) is 4.74 Å². The molecular formula is C42H32O9. The number of hydrogen-bond acceptors (Lipinski definition) is 9. The van der Waals surface area contributed by atoms with Gasteiger partial charge in [-0.05, 0) is 106 Å². The molecule has 0 fully saturated rings. The first kappa shape index (κ1) is 31.5. The van der Waals surface area contributed by atoms with Gasteiger partial charge in [0.1, 0.15) is 57.8 Å². The van der Waals surface area contributed by atoms with Crippen molar-refractivity contribution in [1.82, 2.24) is 0 Å². The van der Waals surface area contributed by atoms with E-state index in [0.29, 0.717) is 33.6 Å². The number of ether oxygens (including phenoxy) is 1. The topological polar surface area (TPSA) is 171 Å². The van der Waals surface area contributed by atoms with Gasteiger partial charge >= 0.3 is 0 Å². The highest BCUT2D eigenvalue weighted by molar-refractivity contribution is 5.93. The molecule has 51 heavy (non-hydrogen) atoms. The average Bonchev–Trinajstić information content (AvgIpc) is 3.60. The lowest BCUT2D eigenvalue weighted by atomic mass is 9.79. The molecule has 6 aromatic carbocycles. The summed E-state index contributed by atoms with van der Waals surface area (Å²) in [7, 11) is 0. The van der Waals surface area contributed by atoms with Gasteiger partial charge < -0.3 is 45.6 Å². The monoisotopic (exact) mass is 680 g/mol. The molecule has 8 N–H and O–H groups in total. The first-order valence-electron chi connectivity index (χ1n) is 16.2. The average molecular weight is 681 g/mol. The van der Waals surface area contributed by atoms with E-state index in [1.807, 2.05) is 24.3 Å². The van der Waals surface area contributed by atoms with Gasteiger partial charge in [-0.3, -0.25) is 0 Å². The van der Waals surface area contributed by atoms with Gasteiger partial charge in [-0.1, -0.05) is 36.4 Å². The second-order valence-corrected chi connectivity index (χ2v) is 13.0. The zero-order valence-corrected chi connectivity index (χ0v) is 26.8. The van der Waals surface area contributed by atoms with Crippen LogP contribution in [0.3, 0.4) is 0 Å². The first-order chi connectivity index (χ1) is 24.5. The Balaban J connectivity index is 1.33. The fourth-order valence-electron chi connectivity index (χ4n) is 7.71. The molecule has 8 rings (SSSR count). The molecule has 6 aromatic rings. The highest BCUT2D eigenvalue weighted by Crippen LogP contribution is 2.59. The molecular weight excluding hydrogens is 648 g/mol. The van der Waals surface area contributed by atoms with Crippen LogP contribution in [0.2, 0.25) is 0 Å². The van der Waals surface area contributed by atoms with E-state index in [9.17, 15) is 40.9 Å². The van der Waals surface area contributed by atoms with Gasteiger partial charge in [-0.15, -0.1) is 0 Å². The summed E-state index contributed by atoms with van der Waals surface area (Å²) in [5, 5.41) is 84.2. The van der Waals surface area contributed by atoms with Crippen molar-refractivity contribution in [1.29, 1.82) is 0 Å². The highest BCUT2D eigenvalue weighted by atomic mass is 16.5. The first-order valence-corrected chi connectivity index (χ1v) is 16.2. The van der Waals surface area contributed by atoms with Crippen LogP contribution in [0, 0.1) is 0 Å². The third kappa shape index (κ3) is 5.64. The van der Waals surface area contributed by atoms with Crippen molar-refractivity contribution in [2.24, 2.45) is 0 Å². The molecule has 254 valence electrons. The normalized spacial score (nSPS) is 19.8. The maximum absolute atomic E-state index is 11.3. The number of phenolic OH excluding ortho intramolecular Hbond substituents is 8. The maximum Gasteiger partial charge on any atom is 0.135 e. The van der Waals surface area contributed by atoms with Gasteiger partial charge in [0.2, 0.25) is 0 Å². The smallest absolute Gasteiger partial charge is 0.135 e. The number of benzene rings is 6. The summed E-state index contributed by atoms with van der Waals surface area (Å²) in [6.45, 7) is 0. The van der Waals surface area contributed by atoms with E-state index in [2.05, 4.69) is 0 Å². The number of hydrogen-bond donors (Lipinski definition) is 8. The van der Waals surface area contributed by atoms with Crippen molar-refractivity contribution in [2.45, 2.75) is 23.9 Å². The molecule has 1 heterocycles. The lowest BCUT2D eigenvalue weighted by Gasteiger charge is -2.24. The fourth-order valence-corrected chi connectivity index (χ4v) is 7.71. The van der Waals surface area contributed by atoms with Crippen LogP contribution in [-0.2, 0) is 0 Å². The Kier molecular flexibility index (Phi) is 7.41. The van der Waals surface area contributed by atoms with Gasteiger partial charge in [0.15, 0.2) is 0 Å². The summed E-state index contributed by atoms with van der Waals surface area (Å²) in [5.74, 6) is -1.66. The molecule has 0 spiro atoms. The Morgan fingerprint density at radius 3 is 1.55 bits per heavy atom. The zero-order chi connectivity index (χ0) is 35.6. The van der Waals surface area contributed by atoms with Crippen LogP contribution in [0.5, 0.6) is 51.7 Å². The van der Waals surface area contributed by atoms with Gasteiger partial charge in [0.25, 0.3) is 0 Å². The summed E-state index contributed by atoms with van der Waals surface area (Å²) in [6, 6.07) is 30.5. The minimum atomic E-state index is -0.580. The highest BCUT2D eigenvalue weighted by Gasteiger charge is 2.42. The SMILES string of the molecule is Oc1ccc([C@@H]2c3c(O)cc(O)cc3/C(=C\c3ccc4c(c3)[C@H](c3cc(O)cc(O)c3)[C@@H](c3ccc(O)cc3)O4)[C@H]2c2cc(O)cc(O)c2)cc1. The molecule has 9 nitrogen and oxygen atoms in total. The van der Waals surface area contributed by atoms with Crippen LogP contribution in [0.25, 0.3) is 11.6 Å². The Morgan fingerprint density at radius 2 is 0.961 bits per heavy atom. The maximum atomic E-state index is 11.3. The van der Waals surface area contributed by atoms with Crippen molar-refractivity contribution in [2.75, 3.05) is 0 Å². The second-order valence-electron chi connectivity index (χ2n) is 13.0. The molecule has 0 bridgehead atoms. The minimum Gasteiger partial charge on any atom is -0.508 e. The predicted octanol–water partition coefficient (Wildman–Crippen LogP) is 8.07. The minimum absolute atomic E-state index is 0.0646. The second kappa shape index (κ2) is 12.0. The molecule has 0 saturated heterocycles. The quantitative estimate of drug-likeness (QED) is 0.0897. The van der Waals surface area contributed by atoms with Crippen molar-refractivity contribution >= 4 is 11.6 Å². The molecule has 9 heteroatoms. The van der Waals surface area contributed by atoms with Crippen LogP contribution in [0.1, 0.15) is 68.4 Å². The summed E-state index contributed by atoms with van der Waals surface area (Å²) in [5.41, 5.74) is 5.94. The molecule has 0 radical (unpaired) electrons. The largest absolute Gasteiger partial charge is 0.508 e. The molecule has 1 aliphatic carbocycles. The summed E-state index contributed by atoms with van der Waals surface area (Å²) in [4.78, 5) is 0. The van der Waals surface area contributed by atoms with E-state index in [1.54, 1.807) is 78.9 Å². The van der Waals surface area contributed by atoms with E-state index < -0.39 is 23.9 Å². The Morgan fingerprint density at radius 1 is 0.431 bits per heavy atom. The molecule has 0 saturated carbocycles. The fraction of sp³-hybridized carbons (Fsp3) is 0.0952. The number of aromatic hydroxyl groups is 8. The summed E-state index contributed by atoms with van der Waals surface area (Å²) < 4.78 is 6.49. The van der Waals surface area contributed by atoms with Crippen molar-refractivity contribution in [3.63, 3.8) is 0 Å². The van der Waals surface area contributed by atoms with Gasteiger partial charge in [0, 0.05) is 41.2 Å². The Hall–Kier alpha value is -6.74. The van der Waals surface area contributed by atoms with Crippen molar-refractivity contribution in [3.05, 3.63) is 160 Å². The van der Waals surface area contributed by atoms with E-state index in [1.165, 1.54) is 18.2 Å². The van der Waals surface area contributed by atoms with Crippen LogP contribution < -0.4 is 4.74 Å². The lowest BCUT2D eigenvalue weighted by Crippen LogP contribution is -2.11. The van der Waals surface area contributed by atoms with Gasteiger partial charge in [-0.25, -0.2) is 0 Å². The number of allylic oxidation sites excluding steroid dienone is 1. The molecule has 0 amide bonds. The van der Waals surface area contributed by atoms with Crippen LogP contribution in [0.4, 0.5) is 0 Å². The van der Waals surface area contributed by atoms with Crippen LogP contribution >= 0.6 is 0 Å². The molecule has 0 aromatic heterocycles. The van der Waals surface area contributed by atoms with Crippen molar-refractivity contribution < 1.29 is 45.6 Å². The molecule has 2 aliphatic rings. The Labute approximate surface area is 292 Å². The van der Waals surface area contributed by atoms with Gasteiger partial charge in [-0.2, -0.15) is 0 Å². The molecule has 4 atom stereocenters. The summed E-state index contributed by atoms with van der Waals surface area (Å²) >= 11 is 0. The van der Waals surface area contributed by atoms with E-state index in [0.717, 1.165) is 22.3 Å². The molecule has 0 unspecified atom stereocenters. The third-order valence-corrected chi connectivity index (χ3v) is 9.72. The predicted molar refractivity (Wildman–Crippen MR) is 190 cm³/mol. The number of fused-ring (bicyclic) bond motifs is 2. The van der Waals surface area contributed by atoms with E-state index in [-0.39, 0.29) is 46.0 Å². The van der Waals surface area contributed by atoms with Crippen molar-refractivity contribution in [3.8, 4) is 51.7 Å².